The fraction of sp³-hybridized carbons (Fsp3) is 0.222. The molecule has 0 fully saturated rings. The Morgan fingerprint density at radius 3 is 2.84 bits per heavy atom. The van der Waals surface area contributed by atoms with E-state index in [2.05, 4.69) is 15.2 Å². The van der Waals surface area contributed by atoms with E-state index in [1.165, 1.54) is 0 Å². The van der Waals surface area contributed by atoms with Gasteiger partial charge in [0.2, 0.25) is 0 Å². The van der Waals surface area contributed by atoms with Crippen LogP contribution < -0.4 is 4.90 Å². The normalized spacial score (nSPS) is 14.6. The Morgan fingerprint density at radius 1 is 1.20 bits per heavy atom. The van der Waals surface area contributed by atoms with Crippen LogP contribution in [0.1, 0.15) is 28.9 Å². The molecule has 1 amide bonds. The monoisotopic (exact) mass is 335 g/mol. The van der Waals surface area contributed by atoms with Crippen LogP contribution in [-0.2, 0) is 6.54 Å². The van der Waals surface area contributed by atoms with E-state index in [-0.39, 0.29) is 18.6 Å². The number of aromatic nitrogens is 4. The van der Waals surface area contributed by atoms with Crippen LogP contribution in [0.5, 0.6) is 0 Å². The van der Waals surface area contributed by atoms with Crippen LogP contribution in [0.15, 0.2) is 48.8 Å². The predicted octanol–water partition coefficient (Wildman–Crippen LogP) is 2.05. The lowest BCUT2D eigenvalue weighted by Gasteiger charge is -2.16. The van der Waals surface area contributed by atoms with Gasteiger partial charge in [0.25, 0.3) is 5.91 Å². The molecule has 0 bridgehead atoms. The quantitative estimate of drug-likeness (QED) is 0.789. The first-order chi connectivity index (χ1) is 12.2. The number of fused-ring (bicyclic) bond motifs is 1. The molecule has 1 N–H and O–H groups in total. The van der Waals surface area contributed by atoms with Gasteiger partial charge in [0.1, 0.15) is 17.8 Å². The van der Waals surface area contributed by atoms with Crippen molar-refractivity contribution in [2.45, 2.75) is 19.5 Å². The molecular weight excluding hydrogens is 318 g/mol. The molecule has 7 nitrogen and oxygen atoms in total. The second kappa shape index (κ2) is 6.10. The van der Waals surface area contributed by atoms with Gasteiger partial charge >= 0.3 is 0 Å². The van der Waals surface area contributed by atoms with Crippen molar-refractivity contribution < 1.29 is 9.90 Å². The zero-order chi connectivity index (χ0) is 17.4. The molecule has 1 aliphatic heterocycles. The average Bonchev–Trinajstić information content (AvgIpc) is 3.27. The zero-order valence-electron chi connectivity index (χ0n) is 13.7. The molecule has 2 aromatic heterocycles. The van der Waals surface area contributed by atoms with E-state index in [0.29, 0.717) is 29.4 Å². The summed E-state index contributed by atoms with van der Waals surface area (Å²) in [5.41, 5.74) is 2.32. The van der Waals surface area contributed by atoms with E-state index in [1.54, 1.807) is 15.8 Å². The maximum Gasteiger partial charge on any atom is 0.260 e. The number of nitrogens with zero attached hydrogens (tertiary/aromatic N) is 5. The summed E-state index contributed by atoms with van der Waals surface area (Å²) in [5.74, 6) is 1.09. The number of hydrogen-bond acceptors (Lipinski definition) is 5. The minimum atomic E-state index is -0.159. The number of benzene rings is 1. The number of rotatable bonds is 4. The second-order valence-electron chi connectivity index (χ2n) is 6.02. The van der Waals surface area contributed by atoms with E-state index < -0.39 is 0 Å². The molecule has 1 atom stereocenters. The minimum absolute atomic E-state index is 0.0232. The molecule has 3 heterocycles. The number of hydrogen-bond donors (Lipinski definition) is 1. The minimum Gasteiger partial charge on any atom is -0.394 e. The fourth-order valence-corrected chi connectivity index (χ4v) is 2.97. The average molecular weight is 335 g/mol. The van der Waals surface area contributed by atoms with Gasteiger partial charge in [-0.2, -0.15) is 0 Å². The third-order valence-corrected chi connectivity index (χ3v) is 4.37. The standard InChI is InChI=1S/C18H17N5O2/c1-12(10-24)23-11-19-21-17(23)15-7-4-8-16(20-15)22-9-13-5-2-3-6-14(13)18(22)25/h2-8,11-12,24H,9-10H2,1H3/t12-/m1/s1. The van der Waals surface area contributed by atoms with Crippen molar-refractivity contribution in [1.82, 2.24) is 19.7 Å². The van der Waals surface area contributed by atoms with Crippen molar-refractivity contribution in [2.75, 3.05) is 11.5 Å². The predicted molar refractivity (Wildman–Crippen MR) is 92.0 cm³/mol. The number of carbonyl (C=O) groups is 1. The highest BCUT2D eigenvalue weighted by atomic mass is 16.3. The van der Waals surface area contributed by atoms with Crippen LogP contribution in [-0.4, -0.2) is 37.4 Å². The first kappa shape index (κ1) is 15.5. The van der Waals surface area contributed by atoms with Crippen LogP contribution in [0.3, 0.4) is 0 Å². The molecule has 1 aliphatic rings. The lowest BCUT2D eigenvalue weighted by Crippen LogP contribution is -2.24. The maximum absolute atomic E-state index is 12.6. The lowest BCUT2D eigenvalue weighted by molar-refractivity contribution is 0.0996. The van der Waals surface area contributed by atoms with Crippen LogP contribution in [0.25, 0.3) is 11.5 Å². The Bertz CT molecular complexity index is 936. The van der Waals surface area contributed by atoms with Gasteiger partial charge < -0.3 is 9.67 Å². The first-order valence-corrected chi connectivity index (χ1v) is 8.06. The van der Waals surface area contributed by atoms with E-state index >= 15 is 0 Å². The van der Waals surface area contributed by atoms with Gasteiger partial charge in [0.05, 0.1) is 19.2 Å². The number of anilines is 1. The molecule has 126 valence electrons. The Balaban J connectivity index is 1.70. The van der Waals surface area contributed by atoms with E-state index in [1.807, 2.05) is 49.4 Å². The van der Waals surface area contributed by atoms with Crippen LogP contribution in [0.2, 0.25) is 0 Å². The van der Waals surface area contributed by atoms with Crippen molar-refractivity contribution in [3.05, 3.63) is 59.9 Å². The summed E-state index contributed by atoms with van der Waals surface area (Å²) in [7, 11) is 0. The molecule has 0 radical (unpaired) electrons. The van der Waals surface area contributed by atoms with Gasteiger partial charge in [-0.15, -0.1) is 10.2 Å². The summed E-state index contributed by atoms with van der Waals surface area (Å²) < 4.78 is 1.77. The van der Waals surface area contributed by atoms with Gasteiger partial charge in [0.15, 0.2) is 5.82 Å². The largest absolute Gasteiger partial charge is 0.394 e. The molecule has 1 aromatic carbocycles. The summed E-state index contributed by atoms with van der Waals surface area (Å²) in [6, 6.07) is 12.9. The Labute approximate surface area is 144 Å². The van der Waals surface area contributed by atoms with E-state index in [0.717, 1.165) is 5.56 Å². The topological polar surface area (TPSA) is 84.1 Å². The number of amides is 1. The summed E-state index contributed by atoms with van der Waals surface area (Å²) in [4.78, 5) is 18.9. The molecule has 0 unspecified atom stereocenters. The third-order valence-electron chi connectivity index (χ3n) is 4.37. The molecule has 7 heteroatoms. The molecular formula is C18H17N5O2. The number of aliphatic hydroxyl groups is 1. The van der Waals surface area contributed by atoms with Crippen molar-refractivity contribution in [3.8, 4) is 11.5 Å². The summed E-state index contributed by atoms with van der Waals surface area (Å²) >= 11 is 0. The van der Waals surface area contributed by atoms with Crippen molar-refractivity contribution in [1.29, 1.82) is 0 Å². The molecule has 4 rings (SSSR count). The van der Waals surface area contributed by atoms with Gasteiger partial charge in [-0.05, 0) is 30.7 Å². The molecule has 0 spiro atoms. The van der Waals surface area contributed by atoms with Crippen LogP contribution in [0.4, 0.5) is 5.82 Å². The Morgan fingerprint density at radius 2 is 2.04 bits per heavy atom. The SMILES string of the molecule is C[C@H](CO)n1cnnc1-c1cccc(N2Cc3ccccc3C2=O)n1. The van der Waals surface area contributed by atoms with Crippen LogP contribution >= 0.6 is 0 Å². The third kappa shape index (κ3) is 2.58. The molecule has 25 heavy (non-hydrogen) atoms. The summed E-state index contributed by atoms with van der Waals surface area (Å²) in [6.45, 7) is 2.35. The Kier molecular flexibility index (Phi) is 3.77. The molecule has 0 aliphatic carbocycles. The first-order valence-electron chi connectivity index (χ1n) is 8.06. The highest BCUT2D eigenvalue weighted by Crippen LogP contribution is 2.28. The Hall–Kier alpha value is -3.06. The van der Waals surface area contributed by atoms with Gasteiger partial charge in [-0.3, -0.25) is 9.69 Å². The second-order valence-corrected chi connectivity index (χ2v) is 6.02. The summed E-state index contributed by atoms with van der Waals surface area (Å²) in [5, 5.41) is 17.4. The maximum atomic E-state index is 12.6. The fourth-order valence-electron chi connectivity index (χ4n) is 2.97. The van der Waals surface area contributed by atoms with E-state index in [9.17, 15) is 9.90 Å². The highest BCUT2D eigenvalue weighted by Gasteiger charge is 2.29. The number of aliphatic hydroxyl groups excluding tert-OH is 1. The van der Waals surface area contributed by atoms with Gasteiger partial charge in [0, 0.05) is 5.56 Å². The summed E-state index contributed by atoms with van der Waals surface area (Å²) in [6.07, 6.45) is 1.57. The van der Waals surface area contributed by atoms with E-state index in [4.69, 9.17) is 0 Å². The lowest BCUT2D eigenvalue weighted by atomic mass is 10.1. The van der Waals surface area contributed by atoms with Crippen molar-refractivity contribution >= 4 is 11.7 Å². The van der Waals surface area contributed by atoms with Gasteiger partial charge in [-0.25, -0.2) is 4.98 Å². The van der Waals surface area contributed by atoms with Crippen LogP contribution in [0, 0.1) is 0 Å². The number of pyridine rings is 1. The molecule has 3 aromatic rings. The molecule has 0 saturated heterocycles. The van der Waals surface area contributed by atoms with Crippen molar-refractivity contribution in [3.63, 3.8) is 0 Å². The molecule has 0 saturated carbocycles. The number of carbonyl (C=O) groups excluding carboxylic acids is 1. The van der Waals surface area contributed by atoms with Gasteiger partial charge in [-0.1, -0.05) is 24.3 Å². The highest BCUT2D eigenvalue weighted by molar-refractivity contribution is 6.09. The smallest absolute Gasteiger partial charge is 0.260 e. The zero-order valence-corrected chi connectivity index (χ0v) is 13.7. The van der Waals surface area contributed by atoms with Crippen molar-refractivity contribution in [2.24, 2.45) is 0 Å².